The Balaban J connectivity index is 1.76. The van der Waals surface area contributed by atoms with E-state index in [0.29, 0.717) is 15.7 Å². The van der Waals surface area contributed by atoms with Crippen LogP contribution >= 0.6 is 35.6 Å². The van der Waals surface area contributed by atoms with E-state index in [-0.39, 0.29) is 11.2 Å². The SMILES string of the molecule is Fc1ccccc1[C@@H]1SCCN1C(=S)Nc1ccc(Cl)cc1. The summed E-state index contributed by atoms with van der Waals surface area (Å²) < 4.78 is 14.0. The highest BCUT2D eigenvalue weighted by molar-refractivity contribution is 7.99. The van der Waals surface area contributed by atoms with Gasteiger partial charge in [-0.3, -0.25) is 0 Å². The Hall–Kier alpha value is -1.30. The van der Waals surface area contributed by atoms with Crippen molar-refractivity contribution in [3.05, 3.63) is 64.9 Å². The van der Waals surface area contributed by atoms with Crippen molar-refractivity contribution < 1.29 is 4.39 Å². The molecule has 1 aliphatic rings. The fourth-order valence-electron chi connectivity index (χ4n) is 2.34. The van der Waals surface area contributed by atoms with E-state index >= 15 is 0 Å². The van der Waals surface area contributed by atoms with Gasteiger partial charge in [0.1, 0.15) is 11.2 Å². The highest BCUT2D eigenvalue weighted by Gasteiger charge is 2.30. The number of halogens is 2. The third kappa shape index (κ3) is 3.37. The van der Waals surface area contributed by atoms with Crippen molar-refractivity contribution in [1.29, 1.82) is 0 Å². The van der Waals surface area contributed by atoms with Gasteiger partial charge in [-0.1, -0.05) is 29.8 Å². The summed E-state index contributed by atoms with van der Waals surface area (Å²) in [6.07, 6.45) is 0. The Bertz CT molecular complexity index is 678. The molecule has 1 aliphatic heterocycles. The number of thioether (sulfide) groups is 1. The molecule has 2 aromatic rings. The number of anilines is 1. The summed E-state index contributed by atoms with van der Waals surface area (Å²) in [5, 5.41) is 4.38. The Morgan fingerprint density at radius 2 is 1.95 bits per heavy atom. The molecule has 3 rings (SSSR count). The molecule has 0 spiro atoms. The number of nitrogens with one attached hydrogen (secondary N) is 1. The van der Waals surface area contributed by atoms with E-state index in [4.69, 9.17) is 23.8 Å². The zero-order chi connectivity index (χ0) is 15.5. The summed E-state index contributed by atoms with van der Waals surface area (Å²) in [6, 6.07) is 14.2. The van der Waals surface area contributed by atoms with Crippen molar-refractivity contribution >= 4 is 46.4 Å². The van der Waals surface area contributed by atoms with Crippen LogP contribution in [0.15, 0.2) is 48.5 Å². The molecule has 0 amide bonds. The normalized spacial score (nSPS) is 17.5. The Morgan fingerprint density at radius 3 is 2.68 bits per heavy atom. The van der Waals surface area contributed by atoms with Gasteiger partial charge < -0.3 is 10.2 Å². The lowest BCUT2D eigenvalue weighted by Gasteiger charge is -2.27. The summed E-state index contributed by atoms with van der Waals surface area (Å²) in [7, 11) is 0. The van der Waals surface area contributed by atoms with Crippen LogP contribution in [0.25, 0.3) is 0 Å². The van der Waals surface area contributed by atoms with Gasteiger partial charge in [0.15, 0.2) is 5.11 Å². The van der Waals surface area contributed by atoms with Crippen LogP contribution in [0.5, 0.6) is 0 Å². The molecule has 0 bridgehead atoms. The largest absolute Gasteiger partial charge is 0.333 e. The van der Waals surface area contributed by atoms with Gasteiger partial charge in [0, 0.05) is 28.6 Å². The summed E-state index contributed by atoms with van der Waals surface area (Å²) in [6.45, 7) is 0.795. The van der Waals surface area contributed by atoms with Crippen molar-refractivity contribution in [2.75, 3.05) is 17.6 Å². The van der Waals surface area contributed by atoms with Gasteiger partial charge in [-0.15, -0.1) is 11.8 Å². The first kappa shape index (κ1) is 15.6. The molecule has 1 heterocycles. The predicted molar refractivity (Wildman–Crippen MR) is 96.0 cm³/mol. The van der Waals surface area contributed by atoms with Crippen molar-refractivity contribution in [2.45, 2.75) is 5.37 Å². The van der Waals surface area contributed by atoms with Gasteiger partial charge in [-0.25, -0.2) is 4.39 Å². The molecule has 0 saturated carbocycles. The quantitative estimate of drug-likeness (QED) is 0.771. The van der Waals surface area contributed by atoms with E-state index in [9.17, 15) is 4.39 Å². The van der Waals surface area contributed by atoms with Gasteiger partial charge in [-0.2, -0.15) is 0 Å². The Kier molecular flexibility index (Phi) is 4.86. The fraction of sp³-hybridized carbons (Fsp3) is 0.188. The molecule has 2 nitrogen and oxygen atoms in total. The Labute approximate surface area is 143 Å². The third-order valence-electron chi connectivity index (χ3n) is 3.42. The molecule has 1 atom stereocenters. The van der Waals surface area contributed by atoms with Crippen molar-refractivity contribution in [3.63, 3.8) is 0 Å². The lowest BCUT2D eigenvalue weighted by molar-refractivity contribution is 0.443. The van der Waals surface area contributed by atoms with Crippen LogP contribution in [0.1, 0.15) is 10.9 Å². The summed E-state index contributed by atoms with van der Waals surface area (Å²) in [4.78, 5) is 2.02. The third-order valence-corrected chi connectivity index (χ3v) is 5.25. The molecule has 6 heteroatoms. The highest BCUT2D eigenvalue weighted by Crippen LogP contribution is 2.39. The first-order valence-corrected chi connectivity index (χ1v) is 8.68. The number of hydrogen-bond acceptors (Lipinski definition) is 2. The zero-order valence-electron chi connectivity index (χ0n) is 11.6. The lowest BCUT2D eigenvalue weighted by atomic mass is 10.2. The van der Waals surface area contributed by atoms with Crippen molar-refractivity contribution in [3.8, 4) is 0 Å². The molecule has 22 heavy (non-hydrogen) atoms. The minimum atomic E-state index is -0.193. The summed E-state index contributed by atoms with van der Waals surface area (Å²) in [5.74, 6) is 0.725. The van der Waals surface area contributed by atoms with E-state index in [1.54, 1.807) is 30.0 Å². The second-order valence-electron chi connectivity index (χ2n) is 4.88. The number of nitrogens with zero attached hydrogens (tertiary/aromatic N) is 1. The Morgan fingerprint density at radius 1 is 1.23 bits per heavy atom. The maximum Gasteiger partial charge on any atom is 0.174 e. The number of benzene rings is 2. The first-order chi connectivity index (χ1) is 10.6. The molecular weight excluding hydrogens is 339 g/mol. The van der Waals surface area contributed by atoms with Gasteiger partial charge in [-0.05, 0) is 42.5 Å². The van der Waals surface area contributed by atoms with E-state index < -0.39 is 0 Å². The van der Waals surface area contributed by atoms with Gasteiger partial charge in [0.05, 0.1) is 0 Å². The minimum Gasteiger partial charge on any atom is -0.333 e. The maximum atomic E-state index is 14.0. The van der Waals surface area contributed by atoms with Crippen LogP contribution in [0, 0.1) is 5.82 Å². The smallest absolute Gasteiger partial charge is 0.174 e. The second-order valence-corrected chi connectivity index (χ2v) is 6.89. The van der Waals surface area contributed by atoms with Crippen LogP contribution < -0.4 is 5.32 Å². The maximum absolute atomic E-state index is 14.0. The van der Waals surface area contributed by atoms with Crippen LogP contribution in [-0.4, -0.2) is 22.3 Å². The van der Waals surface area contributed by atoms with Crippen molar-refractivity contribution in [2.24, 2.45) is 0 Å². The average Bonchev–Trinajstić information content (AvgIpc) is 2.99. The lowest BCUT2D eigenvalue weighted by Crippen LogP contribution is -2.34. The molecule has 0 aromatic heterocycles. The van der Waals surface area contributed by atoms with Gasteiger partial charge >= 0.3 is 0 Å². The molecule has 1 saturated heterocycles. The molecule has 0 radical (unpaired) electrons. The topological polar surface area (TPSA) is 15.3 Å². The molecule has 0 aliphatic carbocycles. The van der Waals surface area contributed by atoms with Crippen LogP contribution in [0.3, 0.4) is 0 Å². The first-order valence-electron chi connectivity index (χ1n) is 6.84. The van der Waals surface area contributed by atoms with E-state index in [1.165, 1.54) is 6.07 Å². The highest BCUT2D eigenvalue weighted by atomic mass is 35.5. The molecule has 1 N–H and O–H groups in total. The van der Waals surface area contributed by atoms with Crippen LogP contribution in [0.4, 0.5) is 10.1 Å². The van der Waals surface area contributed by atoms with Crippen LogP contribution in [-0.2, 0) is 0 Å². The van der Waals surface area contributed by atoms with Crippen molar-refractivity contribution in [1.82, 2.24) is 4.90 Å². The zero-order valence-corrected chi connectivity index (χ0v) is 14.0. The van der Waals surface area contributed by atoms with Crippen LogP contribution in [0.2, 0.25) is 5.02 Å². The summed E-state index contributed by atoms with van der Waals surface area (Å²) in [5.41, 5.74) is 1.55. The van der Waals surface area contributed by atoms with Gasteiger partial charge in [0.2, 0.25) is 0 Å². The minimum absolute atomic E-state index is 0.0894. The standard InChI is InChI=1S/C16H14ClFN2S2/c17-11-5-7-12(8-6-11)19-16(21)20-9-10-22-15(20)13-3-1-2-4-14(13)18/h1-8,15H,9-10H2,(H,19,21)/t15-/m0/s1. The molecular formula is C16H14ClFN2S2. The number of thiocarbonyl (C=S) groups is 1. The predicted octanol–water partition coefficient (Wildman–Crippen LogP) is 4.92. The molecule has 2 aromatic carbocycles. The fourth-order valence-corrected chi connectivity index (χ4v) is 4.13. The number of rotatable bonds is 2. The second kappa shape index (κ2) is 6.86. The number of hydrogen-bond donors (Lipinski definition) is 1. The van der Waals surface area contributed by atoms with E-state index in [1.807, 2.05) is 29.2 Å². The molecule has 0 unspecified atom stereocenters. The average molecular weight is 353 g/mol. The monoisotopic (exact) mass is 352 g/mol. The van der Waals surface area contributed by atoms with E-state index in [2.05, 4.69) is 5.32 Å². The molecule has 1 fully saturated rings. The summed E-state index contributed by atoms with van der Waals surface area (Å²) >= 11 is 13.1. The van der Waals surface area contributed by atoms with Gasteiger partial charge in [0.25, 0.3) is 0 Å². The molecule has 114 valence electrons. The van der Waals surface area contributed by atoms with E-state index in [0.717, 1.165) is 18.0 Å².